The van der Waals surface area contributed by atoms with Crippen LogP contribution in [-0.4, -0.2) is 28.2 Å². The topological polar surface area (TPSA) is 94.5 Å². The number of fused-ring (bicyclic) bond motifs is 2. The summed E-state index contributed by atoms with van der Waals surface area (Å²) in [6.07, 6.45) is -4.61. The summed E-state index contributed by atoms with van der Waals surface area (Å²) in [5.41, 5.74) is 1.14. The number of benzene rings is 2. The monoisotopic (exact) mass is 420 g/mol. The Kier molecular flexibility index (Phi) is 4.72. The van der Waals surface area contributed by atoms with E-state index < -0.39 is 23.8 Å². The van der Waals surface area contributed by atoms with Crippen LogP contribution in [0, 0.1) is 0 Å². The summed E-state index contributed by atoms with van der Waals surface area (Å²) < 4.78 is 50.3. The molecule has 30 heavy (non-hydrogen) atoms. The number of alkyl halides is 3. The number of nitrogens with one attached hydrogen (secondary N) is 2. The number of aryl methyl sites for hydroxylation is 1. The van der Waals surface area contributed by atoms with E-state index in [1.807, 2.05) is 0 Å². The molecule has 2 heterocycles. The number of carbonyl (C=O) groups excluding carboxylic acids is 2. The number of halogens is 3. The van der Waals surface area contributed by atoms with E-state index in [-0.39, 0.29) is 30.1 Å². The highest BCUT2D eigenvalue weighted by Gasteiger charge is 2.36. The van der Waals surface area contributed by atoms with Gasteiger partial charge in [0.1, 0.15) is 0 Å². The number of rotatable bonds is 3. The van der Waals surface area contributed by atoms with Crippen molar-refractivity contribution in [3.8, 4) is 11.5 Å². The maximum atomic E-state index is 13.0. The van der Waals surface area contributed by atoms with Crippen LogP contribution in [-0.2, 0) is 29.4 Å². The average Bonchev–Trinajstić information content (AvgIpc) is 3.29. The summed E-state index contributed by atoms with van der Waals surface area (Å²) in [5.74, 6) is -1.76. The first-order chi connectivity index (χ1) is 14.2. The van der Waals surface area contributed by atoms with E-state index in [4.69, 9.17) is 9.47 Å². The molecule has 0 saturated carbocycles. The highest BCUT2D eigenvalue weighted by Crippen LogP contribution is 2.33. The van der Waals surface area contributed by atoms with Crippen LogP contribution in [0.2, 0.25) is 0 Å². The molecule has 0 saturated heterocycles. The molecule has 2 aromatic carbocycles. The van der Waals surface area contributed by atoms with Gasteiger partial charge in [-0.05, 0) is 35.9 Å². The number of amides is 2. The fourth-order valence-corrected chi connectivity index (χ4v) is 3.03. The Morgan fingerprint density at radius 1 is 1.10 bits per heavy atom. The summed E-state index contributed by atoms with van der Waals surface area (Å²) in [7, 11) is 1.25. The third kappa shape index (κ3) is 3.73. The first kappa shape index (κ1) is 19.6. The number of ether oxygens (including phenoxy) is 2. The molecule has 0 atom stereocenters. The van der Waals surface area contributed by atoms with E-state index in [1.54, 1.807) is 18.2 Å². The van der Waals surface area contributed by atoms with Crippen LogP contribution < -0.4 is 20.1 Å². The Balaban J connectivity index is 1.41. The molecule has 2 amide bonds. The van der Waals surface area contributed by atoms with Crippen molar-refractivity contribution in [2.75, 3.05) is 12.1 Å². The fraction of sp³-hybridized carbons (Fsp3) is 0.211. The lowest BCUT2D eigenvalue weighted by atomic mass is 10.2. The number of nitrogens with zero attached hydrogens (tertiary/aromatic N) is 2. The van der Waals surface area contributed by atoms with Gasteiger partial charge in [0.15, 0.2) is 11.5 Å². The molecule has 0 fully saturated rings. The number of hydrogen-bond donors (Lipinski definition) is 2. The highest BCUT2D eigenvalue weighted by molar-refractivity contribution is 6.39. The largest absolute Gasteiger partial charge is 0.454 e. The van der Waals surface area contributed by atoms with E-state index in [0.29, 0.717) is 17.1 Å². The smallest absolute Gasteiger partial charge is 0.449 e. The van der Waals surface area contributed by atoms with Gasteiger partial charge in [0.25, 0.3) is 0 Å². The maximum Gasteiger partial charge on any atom is 0.449 e. The Labute approximate surface area is 167 Å². The number of anilines is 1. The van der Waals surface area contributed by atoms with Crippen molar-refractivity contribution >= 4 is 28.5 Å². The lowest BCUT2D eigenvalue weighted by molar-refractivity contribution is -0.146. The van der Waals surface area contributed by atoms with Crippen LogP contribution in [0.4, 0.5) is 18.9 Å². The summed E-state index contributed by atoms with van der Waals surface area (Å²) in [4.78, 5) is 27.7. The number of imidazole rings is 1. The van der Waals surface area contributed by atoms with Crippen molar-refractivity contribution in [1.29, 1.82) is 0 Å². The molecular weight excluding hydrogens is 405 g/mol. The third-order valence-corrected chi connectivity index (χ3v) is 4.49. The summed E-state index contributed by atoms with van der Waals surface area (Å²) in [5, 5.41) is 4.82. The Morgan fingerprint density at radius 3 is 2.63 bits per heavy atom. The predicted octanol–water partition coefficient (Wildman–Crippen LogP) is 2.58. The van der Waals surface area contributed by atoms with Crippen molar-refractivity contribution in [2.24, 2.45) is 7.05 Å². The standard InChI is InChI=1S/C19H15F3N4O4/c1-26-13-4-3-11(7-12(13)25-18(26)19(20,21)22)24-17(28)16(27)23-8-10-2-5-14-15(6-10)30-9-29-14/h2-7H,8-9H2,1H3,(H,23,27)(H,24,28). The zero-order valence-corrected chi connectivity index (χ0v) is 15.5. The lowest BCUT2D eigenvalue weighted by Gasteiger charge is -2.08. The molecule has 11 heteroatoms. The molecule has 1 aliphatic rings. The lowest BCUT2D eigenvalue weighted by Crippen LogP contribution is -2.34. The summed E-state index contributed by atoms with van der Waals surface area (Å²) >= 11 is 0. The Morgan fingerprint density at radius 2 is 1.87 bits per heavy atom. The molecule has 0 spiro atoms. The molecule has 0 bridgehead atoms. The van der Waals surface area contributed by atoms with E-state index in [1.165, 1.54) is 25.2 Å². The van der Waals surface area contributed by atoms with E-state index >= 15 is 0 Å². The first-order valence-corrected chi connectivity index (χ1v) is 8.74. The van der Waals surface area contributed by atoms with Crippen LogP contribution in [0.25, 0.3) is 11.0 Å². The van der Waals surface area contributed by atoms with Crippen LogP contribution in [0.3, 0.4) is 0 Å². The van der Waals surface area contributed by atoms with Gasteiger partial charge in [-0.25, -0.2) is 4.98 Å². The second kappa shape index (κ2) is 7.25. The zero-order chi connectivity index (χ0) is 21.5. The summed E-state index contributed by atoms with van der Waals surface area (Å²) in [6, 6.07) is 9.16. The van der Waals surface area contributed by atoms with Crippen molar-refractivity contribution in [1.82, 2.24) is 14.9 Å². The van der Waals surface area contributed by atoms with Crippen molar-refractivity contribution < 1.29 is 32.2 Å². The minimum Gasteiger partial charge on any atom is -0.454 e. The second-order valence-electron chi connectivity index (χ2n) is 6.52. The zero-order valence-electron chi connectivity index (χ0n) is 15.5. The van der Waals surface area contributed by atoms with Gasteiger partial charge in [-0.2, -0.15) is 13.2 Å². The molecule has 2 N–H and O–H groups in total. The first-order valence-electron chi connectivity index (χ1n) is 8.74. The maximum absolute atomic E-state index is 13.0. The van der Waals surface area contributed by atoms with Crippen LogP contribution in [0.1, 0.15) is 11.4 Å². The molecule has 0 unspecified atom stereocenters. The third-order valence-electron chi connectivity index (χ3n) is 4.49. The number of aromatic nitrogens is 2. The van der Waals surface area contributed by atoms with Crippen LogP contribution in [0.5, 0.6) is 11.5 Å². The van der Waals surface area contributed by atoms with Gasteiger partial charge < -0.3 is 24.7 Å². The van der Waals surface area contributed by atoms with Crippen molar-refractivity contribution in [2.45, 2.75) is 12.7 Å². The predicted molar refractivity (Wildman–Crippen MR) is 98.8 cm³/mol. The molecule has 3 aromatic rings. The average molecular weight is 420 g/mol. The van der Waals surface area contributed by atoms with Gasteiger partial charge in [0.05, 0.1) is 11.0 Å². The molecule has 8 nitrogen and oxygen atoms in total. The normalized spacial score (nSPS) is 12.8. The van der Waals surface area contributed by atoms with Gasteiger partial charge in [0.2, 0.25) is 12.6 Å². The molecule has 0 aliphatic carbocycles. The SMILES string of the molecule is Cn1c(C(F)(F)F)nc2cc(NC(=O)C(=O)NCc3ccc4c(c3)OCO4)ccc21. The van der Waals surface area contributed by atoms with Crippen LogP contribution in [0.15, 0.2) is 36.4 Å². The highest BCUT2D eigenvalue weighted by atomic mass is 19.4. The Hall–Kier alpha value is -3.76. The van der Waals surface area contributed by atoms with Crippen LogP contribution >= 0.6 is 0 Å². The molecule has 4 rings (SSSR count). The quantitative estimate of drug-likeness (QED) is 0.636. The van der Waals surface area contributed by atoms with Gasteiger partial charge in [-0.1, -0.05) is 6.07 Å². The second-order valence-corrected chi connectivity index (χ2v) is 6.52. The van der Waals surface area contributed by atoms with Gasteiger partial charge in [-0.3, -0.25) is 9.59 Å². The minimum atomic E-state index is -4.61. The van der Waals surface area contributed by atoms with Gasteiger partial charge in [0, 0.05) is 19.3 Å². The number of carbonyl (C=O) groups is 2. The van der Waals surface area contributed by atoms with E-state index in [2.05, 4.69) is 15.6 Å². The number of hydrogen-bond acceptors (Lipinski definition) is 5. The van der Waals surface area contributed by atoms with Gasteiger partial charge in [-0.15, -0.1) is 0 Å². The molecule has 0 radical (unpaired) electrons. The molecule has 1 aromatic heterocycles. The molecule has 1 aliphatic heterocycles. The van der Waals surface area contributed by atoms with E-state index in [9.17, 15) is 22.8 Å². The van der Waals surface area contributed by atoms with Crippen molar-refractivity contribution in [3.63, 3.8) is 0 Å². The molecular formula is C19H15F3N4O4. The van der Waals surface area contributed by atoms with Crippen molar-refractivity contribution in [3.05, 3.63) is 47.8 Å². The van der Waals surface area contributed by atoms with E-state index in [0.717, 1.165) is 4.57 Å². The minimum absolute atomic E-state index is 0.0448. The Bertz CT molecular complexity index is 1160. The summed E-state index contributed by atoms with van der Waals surface area (Å²) in [6.45, 7) is 0.204. The molecule has 156 valence electrons. The fourth-order valence-electron chi connectivity index (χ4n) is 3.03. The van der Waals surface area contributed by atoms with Gasteiger partial charge >= 0.3 is 18.0 Å².